The largest absolute Gasteiger partial charge is 0.198 e. The van der Waals surface area contributed by atoms with E-state index in [0.29, 0.717) is 6.42 Å². The van der Waals surface area contributed by atoms with E-state index in [9.17, 15) is 0 Å². The fraction of sp³-hybridized carbons (Fsp3) is 0.600. The third-order valence-corrected chi connectivity index (χ3v) is 0.524. The van der Waals surface area contributed by atoms with E-state index >= 15 is 0 Å². The molecule has 0 unspecified atom stereocenters. The lowest BCUT2D eigenvalue weighted by Gasteiger charge is -1.76. The van der Waals surface area contributed by atoms with Gasteiger partial charge in [0.15, 0.2) is 0 Å². The summed E-state index contributed by atoms with van der Waals surface area (Å²) in [7, 11) is 0. The number of nitriles is 1. The van der Waals surface area contributed by atoms with Gasteiger partial charge in [-0.15, -0.1) is 0 Å². The third-order valence-electron chi connectivity index (χ3n) is 0.524. The molecule has 0 aliphatic heterocycles. The smallest absolute Gasteiger partial charge is 0.0624 e. The van der Waals surface area contributed by atoms with E-state index < -0.39 is 0 Å². The third kappa shape index (κ3) is 3.49. The van der Waals surface area contributed by atoms with Crippen molar-refractivity contribution in [2.45, 2.75) is 19.8 Å². The van der Waals surface area contributed by atoms with Gasteiger partial charge in [-0.25, -0.2) is 0 Å². The van der Waals surface area contributed by atoms with Gasteiger partial charge in [-0.3, -0.25) is 0 Å². The number of hydrogen-bond acceptors (Lipinski definition) is 1. The van der Waals surface area contributed by atoms with E-state index in [-0.39, 0.29) is 0 Å². The molecule has 1 nitrogen and oxygen atoms in total. The number of unbranched alkanes of at least 4 members (excludes halogenated alkanes) is 2. The first-order chi connectivity index (χ1) is 2.91. The topological polar surface area (TPSA) is 23.8 Å². The minimum absolute atomic E-state index is 0.594. The fourth-order valence-corrected chi connectivity index (χ4v) is 0.209. The van der Waals surface area contributed by atoms with Crippen LogP contribution in [0.3, 0.4) is 0 Å². The second kappa shape index (κ2) is 4.49. The van der Waals surface area contributed by atoms with Crippen LogP contribution in [0.25, 0.3) is 0 Å². The molecule has 0 rings (SSSR count). The van der Waals surface area contributed by atoms with Crippen molar-refractivity contribution in [3.05, 3.63) is 6.42 Å². The van der Waals surface area contributed by atoms with E-state index in [4.69, 9.17) is 5.26 Å². The molecule has 0 spiro atoms. The van der Waals surface area contributed by atoms with Gasteiger partial charge < -0.3 is 0 Å². The summed E-state index contributed by atoms with van der Waals surface area (Å²) in [5.41, 5.74) is 0. The van der Waals surface area contributed by atoms with Gasteiger partial charge in [-0.05, 0) is 6.42 Å². The molecule has 33 valence electrons. The molecule has 0 saturated carbocycles. The molecule has 6 heavy (non-hydrogen) atoms. The normalized spacial score (nSPS) is 7.33. The van der Waals surface area contributed by atoms with E-state index in [0.717, 1.165) is 6.42 Å². The summed E-state index contributed by atoms with van der Waals surface area (Å²) >= 11 is 0. The summed E-state index contributed by atoms with van der Waals surface area (Å²) in [6.45, 7) is 2.03. The highest BCUT2D eigenvalue weighted by molar-refractivity contribution is 4.78. The van der Waals surface area contributed by atoms with Crippen LogP contribution in [0, 0.1) is 17.8 Å². The van der Waals surface area contributed by atoms with Gasteiger partial charge in [0.1, 0.15) is 0 Å². The summed E-state index contributed by atoms with van der Waals surface area (Å²) in [6.07, 6.45) is 3.55. The van der Waals surface area contributed by atoms with Gasteiger partial charge in [-0.2, -0.15) is 5.26 Å². The van der Waals surface area contributed by atoms with Crippen LogP contribution in [-0.4, -0.2) is 0 Å². The zero-order valence-electron chi connectivity index (χ0n) is 3.94. The highest BCUT2D eigenvalue weighted by atomic mass is 14.2. The standard InChI is InChI=1S/C5H8N/c1-2-3-4-5-6/h3H,2,4H2,1H3. The summed E-state index contributed by atoms with van der Waals surface area (Å²) in [5.74, 6) is 0. The summed E-state index contributed by atoms with van der Waals surface area (Å²) in [5, 5.41) is 7.92. The first kappa shape index (κ1) is 5.49. The predicted octanol–water partition coefficient (Wildman–Crippen LogP) is 1.51. The van der Waals surface area contributed by atoms with Crippen molar-refractivity contribution < 1.29 is 0 Å². The SMILES string of the molecule is CC[CH]CC#N. The average molecular weight is 82.1 g/mol. The molecule has 0 aromatic carbocycles. The van der Waals surface area contributed by atoms with Crippen molar-refractivity contribution in [2.75, 3.05) is 0 Å². The van der Waals surface area contributed by atoms with Crippen LogP contribution in [0.4, 0.5) is 0 Å². The maximum Gasteiger partial charge on any atom is 0.0624 e. The second-order valence-electron chi connectivity index (χ2n) is 1.06. The maximum absolute atomic E-state index is 7.92. The molecule has 0 aliphatic carbocycles. The Hall–Kier alpha value is -0.510. The molecule has 0 amide bonds. The Morgan fingerprint density at radius 2 is 2.50 bits per heavy atom. The lowest BCUT2D eigenvalue weighted by molar-refractivity contribution is 1.03. The van der Waals surface area contributed by atoms with Crippen molar-refractivity contribution in [3.63, 3.8) is 0 Å². The molecule has 0 saturated heterocycles. The second-order valence-corrected chi connectivity index (χ2v) is 1.06. The van der Waals surface area contributed by atoms with Crippen LogP contribution >= 0.6 is 0 Å². The fourth-order valence-electron chi connectivity index (χ4n) is 0.209. The average Bonchev–Trinajstić information content (AvgIpc) is 1.61. The molecule has 0 fully saturated rings. The van der Waals surface area contributed by atoms with Crippen molar-refractivity contribution >= 4 is 0 Å². The van der Waals surface area contributed by atoms with Crippen LogP contribution < -0.4 is 0 Å². The first-order valence-electron chi connectivity index (χ1n) is 2.10. The predicted molar refractivity (Wildman–Crippen MR) is 24.8 cm³/mol. The van der Waals surface area contributed by atoms with Gasteiger partial charge >= 0.3 is 0 Å². The molecule has 0 aromatic heterocycles. The van der Waals surface area contributed by atoms with Crippen LogP contribution in [0.1, 0.15) is 19.8 Å². The lowest BCUT2D eigenvalue weighted by Crippen LogP contribution is -1.64. The Morgan fingerprint density at radius 3 is 2.67 bits per heavy atom. The quantitative estimate of drug-likeness (QED) is 0.463. The molecular weight excluding hydrogens is 74.1 g/mol. The van der Waals surface area contributed by atoms with Gasteiger partial charge in [-0.1, -0.05) is 13.3 Å². The minimum Gasteiger partial charge on any atom is -0.198 e. The Balaban J connectivity index is 2.54. The lowest BCUT2D eigenvalue weighted by atomic mass is 10.3. The highest BCUT2D eigenvalue weighted by Gasteiger charge is 1.74. The van der Waals surface area contributed by atoms with Crippen LogP contribution in [0.5, 0.6) is 0 Å². The zero-order chi connectivity index (χ0) is 4.83. The molecule has 0 bridgehead atoms. The number of nitrogens with zero attached hydrogens (tertiary/aromatic N) is 1. The Bertz CT molecular complexity index is 51.4. The van der Waals surface area contributed by atoms with Gasteiger partial charge in [0, 0.05) is 6.42 Å². The number of rotatable bonds is 2. The molecule has 0 aromatic rings. The van der Waals surface area contributed by atoms with E-state index in [1.807, 2.05) is 19.4 Å². The zero-order valence-corrected chi connectivity index (χ0v) is 3.94. The van der Waals surface area contributed by atoms with Crippen molar-refractivity contribution in [2.24, 2.45) is 0 Å². The summed E-state index contributed by atoms with van der Waals surface area (Å²) < 4.78 is 0. The summed E-state index contributed by atoms with van der Waals surface area (Å²) in [6, 6.07) is 2.01. The van der Waals surface area contributed by atoms with Crippen molar-refractivity contribution in [3.8, 4) is 6.07 Å². The van der Waals surface area contributed by atoms with E-state index in [1.54, 1.807) is 0 Å². The van der Waals surface area contributed by atoms with Crippen molar-refractivity contribution in [1.82, 2.24) is 0 Å². The monoisotopic (exact) mass is 82.1 g/mol. The van der Waals surface area contributed by atoms with Crippen LogP contribution in [0.15, 0.2) is 0 Å². The molecular formula is C5H8N. The molecule has 0 heterocycles. The molecule has 1 radical (unpaired) electrons. The molecule has 0 aliphatic rings. The summed E-state index contributed by atoms with van der Waals surface area (Å²) in [4.78, 5) is 0. The van der Waals surface area contributed by atoms with E-state index in [1.165, 1.54) is 0 Å². The van der Waals surface area contributed by atoms with Crippen LogP contribution in [-0.2, 0) is 0 Å². The highest BCUT2D eigenvalue weighted by Crippen LogP contribution is 1.86. The van der Waals surface area contributed by atoms with E-state index in [2.05, 4.69) is 0 Å². The molecule has 0 atom stereocenters. The van der Waals surface area contributed by atoms with Crippen LogP contribution in [0.2, 0.25) is 0 Å². The Kier molecular flexibility index (Phi) is 4.11. The minimum atomic E-state index is 0.594. The van der Waals surface area contributed by atoms with Gasteiger partial charge in [0.25, 0.3) is 0 Å². The van der Waals surface area contributed by atoms with Gasteiger partial charge in [0.05, 0.1) is 6.07 Å². The Morgan fingerprint density at radius 1 is 1.83 bits per heavy atom. The van der Waals surface area contributed by atoms with Gasteiger partial charge in [0.2, 0.25) is 0 Å². The maximum atomic E-state index is 7.92. The first-order valence-corrected chi connectivity index (χ1v) is 2.10. The molecule has 1 heteroatoms. The number of hydrogen-bond donors (Lipinski definition) is 0. The Labute approximate surface area is 38.6 Å². The molecule has 0 N–H and O–H groups in total. The van der Waals surface area contributed by atoms with Crippen molar-refractivity contribution in [1.29, 1.82) is 5.26 Å².